The maximum absolute atomic E-state index is 11.9. The molecule has 0 radical (unpaired) electrons. The molecule has 0 saturated carbocycles. The van der Waals surface area contributed by atoms with E-state index in [2.05, 4.69) is 25.8 Å². The third-order valence-corrected chi connectivity index (χ3v) is 3.74. The summed E-state index contributed by atoms with van der Waals surface area (Å²) in [6.07, 6.45) is 0. The van der Waals surface area contributed by atoms with Gasteiger partial charge in [-0.05, 0) is 31.4 Å². The van der Waals surface area contributed by atoms with Crippen molar-refractivity contribution in [2.24, 2.45) is 5.92 Å². The molecule has 2 amide bonds. The van der Waals surface area contributed by atoms with Crippen molar-refractivity contribution in [3.63, 3.8) is 0 Å². The number of carbonyl (C=O) groups is 1. The highest BCUT2D eigenvalue weighted by Crippen LogP contribution is 2.16. The summed E-state index contributed by atoms with van der Waals surface area (Å²) in [5, 5.41) is 21.6. The largest absolute Gasteiger partial charge is 0.396 e. The van der Waals surface area contributed by atoms with Crippen molar-refractivity contribution in [2.45, 2.75) is 33.4 Å². The lowest BCUT2D eigenvalue weighted by molar-refractivity contribution is 0.200. The molecule has 2 unspecified atom stereocenters. The van der Waals surface area contributed by atoms with Crippen LogP contribution in [-0.2, 0) is 6.54 Å². The van der Waals surface area contributed by atoms with Gasteiger partial charge in [-0.1, -0.05) is 25.1 Å². The van der Waals surface area contributed by atoms with Crippen LogP contribution in [0.1, 0.15) is 25.2 Å². The summed E-state index contributed by atoms with van der Waals surface area (Å²) in [5.74, 6) is 1.41. The van der Waals surface area contributed by atoms with Gasteiger partial charge < -0.3 is 15.7 Å². The summed E-state index contributed by atoms with van der Waals surface area (Å²) in [7, 11) is 0. The second-order valence-electron chi connectivity index (χ2n) is 5.72. The van der Waals surface area contributed by atoms with E-state index in [1.165, 1.54) is 0 Å². The summed E-state index contributed by atoms with van der Waals surface area (Å²) in [4.78, 5) is 16.2. The van der Waals surface area contributed by atoms with E-state index in [1.807, 2.05) is 45.0 Å². The molecular formula is C16H23N5O2. The van der Waals surface area contributed by atoms with Crippen LogP contribution in [0.3, 0.4) is 0 Å². The van der Waals surface area contributed by atoms with Crippen molar-refractivity contribution in [1.82, 2.24) is 25.8 Å². The number of hydrogen-bond acceptors (Lipinski definition) is 4. The zero-order valence-electron chi connectivity index (χ0n) is 13.6. The summed E-state index contributed by atoms with van der Waals surface area (Å²) in [6.45, 7) is 6.05. The summed E-state index contributed by atoms with van der Waals surface area (Å²) < 4.78 is 0. The summed E-state index contributed by atoms with van der Waals surface area (Å²) in [6, 6.07) is 7.37. The minimum Gasteiger partial charge on any atom is -0.396 e. The molecule has 0 aliphatic rings. The molecule has 0 aliphatic carbocycles. The molecule has 1 aromatic carbocycles. The lowest BCUT2D eigenvalue weighted by atomic mass is 10.1. The molecule has 2 atom stereocenters. The van der Waals surface area contributed by atoms with Crippen LogP contribution in [0.25, 0.3) is 11.4 Å². The van der Waals surface area contributed by atoms with Gasteiger partial charge in [0.05, 0.1) is 0 Å². The fraction of sp³-hybridized carbons (Fsp3) is 0.438. The number of aliphatic hydroxyl groups is 1. The number of H-pyrrole nitrogens is 1. The van der Waals surface area contributed by atoms with Gasteiger partial charge in [-0.3, -0.25) is 5.10 Å². The van der Waals surface area contributed by atoms with Crippen LogP contribution < -0.4 is 10.6 Å². The molecule has 124 valence electrons. The maximum Gasteiger partial charge on any atom is 0.315 e. The van der Waals surface area contributed by atoms with Crippen LogP contribution >= 0.6 is 0 Å². The van der Waals surface area contributed by atoms with Gasteiger partial charge in [0.1, 0.15) is 5.82 Å². The van der Waals surface area contributed by atoms with Gasteiger partial charge in [0.2, 0.25) is 0 Å². The lowest BCUT2D eigenvalue weighted by Crippen LogP contribution is -2.43. The van der Waals surface area contributed by atoms with Gasteiger partial charge in [-0.2, -0.15) is 5.10 Å². The van der Waals surface area contributed by atoms with Crippen molar-refractivity contribution in [1.29, 1.82) is 0 Å². The highest BCUT2D eigenvalue weighted by atomic mass is 16.3. The van der Waals surface area contributed by atoms with Gasteiger partial charge in [-0.15, -0.1) is 0 Å². The van der Waals surface area contributed by atoms with E-state index >= 15 is 0 Å². The number of nitrogens with one attached hydrogen (secondary N) is 3. The van der Waals surface area contributed by atoms with E-state index in [1.54, 1.807) is 0 Å². The van der Waals surface area contributed by atoms with Crippen LogP contribution in [0.15, 0.2) is 24.3 Å². The topological polar surface area (TPSA) is 103 Å². The van der Waals surface area contributed by atoms with Crippen LogP contribution in [0.4, 0.5) is 4.79 Å². The first-order chi connectivity index (χ1) is 11.0. The smallest absolute Gasteiger partial charge is 0.315 e. The molecule has 2 rings (SSSR count). The first-order valence-corrected chi connectivity index (χ1v) is 7.63. The van der Waals surface area contributed by atoms with Gasteiger partial charge in [0.25, 0.3) is 0 Å². The fourth-order valence-corrected chi connectivity index (χ4v) is 2.03. The lowest BCUT2D eigenvalue weighted by Gasteiger charge is -2.19. The second kappa shape index (κ2) is 7.73. The van der Waals surface area contributed by atoms with Gasteiger partial charge >= 0.3 is 6.03 Å². The third-order valence-electron chi connectivity index (χ3n) is 3.74. The SMILES string of the molecule is Cc1nc(-c2cccc(CNC(=O)NC(C)C(C)CO)c2)n[nH]1. The van der Waals surface area contributed by atoms with Crippen molar-refractivity contribution < 1.29 is 9.90 Å². The van der Waals surface area contributed by atoms with Gasteiger partial charge in [0.15, 0.2) is 5.82 Å². The summed E-state index contributed by atoms with van der Waals surface area (Å²) >= 11 is 0. The highest BCUT2D eigenvalue weighted by Gasteiger charge is 2.13. The molecule has 7 heteroatoms. The van der Waals surface area contributed by atoms with Crippen molar-refractivity contribution in [2.75, 3.05) is 6.61 Å². The van der Waals surface area contributed by atoms with Gasteiger partial charge in [0, 0.05) is 24.8 Å². The molecule has 23 heavy (non-hydrogen) atoms. The molecule has 4 N–H and O–H groups in total. The number of rotatable bonds is 6. The number of aromatic nitrogens is 3. The normalized spacial score (nSPS) is 13.4. The number of amides is 2. The molecule has 7 nitrogen and oxygen atoms in total. The van der Waals surface area contributed by atoms with Crippen molar-refractivity contribution in [3.8, 4) is 11.4 Å². The predicted molar refractivity (Wildman–Crippen MR) is 87.6 cm³/mol. The van der Waals surface area contributed by atoms with Crippen LogP contribution in [0.5, 0.6) is 0 Å². The third kappa shape index (κ3) is 4.79. The van der Waals surface area contributed by atoms with Crippen molar-refractivity contribution >= 4 is 6.03 Å². The van der Waals surface area contributed by atoms with Gasteiger partial charge in [-0.25, -0.2) is 9.78 Å². The average molecular weight is 317 g/mol. The number of aromatic amines is 1. The van der Waals surface area contributed by atoms with Crippen molar-refractivity contribution in [3.05, 3.63) is 35.7 Å². The Hall–Kier alpha value is -2.41. The Morgan fingerprint density at radius 3 is 2.83 bits per heavy atom. The van der Waals surface area contributed by atoms with E-state index in [9.17, 15) is 4.79 Å². The first-order valence-electron chi connectivity index (χ1n) is 7.63. The molecule has 0 spiro atoms. The van der Waals surface area contributed by atoms with E-state index in [0.717, 1.165) is 17.0 Å². The van der Waals surface area contributed by atoms with Crippen LogP contribution in [0.2, 0.25) is 0 Å². The minimum absolute atomic E-state index is 0.0121. The van der Waals surface area contributed by atoms with Crippen LogP contribution in [0, 0.1) is 12.8 Å². The molecule has 0 bridgehead atoms. The number of nitrogens with zero attached hydrogens (tertiary/aromatic N) is 2. The Kier molecular flexibility index (Phi) is 5.70. The number of hydrogen-bond donors (Lipinski definition) is 4. The Morgan fingerprint density at radius 1 is 1.39 bits per heavy atom. The number of benzene rings is 1. The molecule has 1 aromatic heterocycles. The van der Waals surface area contributed by atoms with E-state index in [4.69, 9.17) is 5.11 Å². The summed E-state index contributed by atoms with van der Waals surface area (Å²) in [5.41, 5.74) is 1.86. The quantitative estimate of drug-likeness (QED) is 0.649. The fourth-order valence-electron chi connectivity index (χ4n) is 2.03. The number of aliphatic hydroxyl groups excluding tert-OH is 1. The van der Waals surface area contributed by atoms with E-state index < -0.39 is 0 Å². The zero-order valence-corrected chi connectivity index (χ0v) is 13.6. The Labute approximate surface area is 135 Å². The monoisotopic (exact) mass is 317 g/mol. The Bertz CT molecular complexity index is 655. The highest BCUT2D eigenvalue weighted by molar-refractivity contribution is 5.74. The van der Waals surface area contributed by atoms with E-state index in [0.29, 0.717) is 12.4 Å². The molecule has 0 fully saturated rings. The molecular weight excluding hydrogens is 294 g/mol. The van der Waals surface area contributed by atoms with Crippen LogP contribution in [-0.4, -0.2) is 39.0 Å². The maximum atomic E-state index is 11.9. The average Bonchev–Trinajstić information content (AvgIpc) is 2.99. The standard InChI is InChI=1S/C16H23N5O2/c1-10(9-22)11(2)18-16(23)17-8-13-5-4-6-14(7-13)15-19-12(3)20-21-15/h4-7,10-11,22H,8-9H2,1-3H3,(H2,17,18,23)(H,19,20,21). The Morgan fingerprint density at radius 2 is 2.17 bits per heavy atom. The first kappa shape index (κ1) is 17.0. The predicted octanol–water partition coefficient (Wildman–Crippen LogP) is 1.60. The number of aryl methyl sites for hydroxylation is 1. The zero-order chi connectivity index (χ0) is 16.8. The molecule has 0 aliphatic heterocycles. The molecule has 0 saturated heterocycles. The second-order valence-corrected chi connectivity index (χ2v) is 5.72. The number of urea groups is 1. The number of carbonyl (C=O) groups excluding carboxylic acids is 1. The van der Waals surface area contributed by atoms with E-state index in [-0.39, 0.29) is 24.6 Å². The molecule has 2 aromatic rings. The Balaban J connectivity index is 1.92. The molecule has 1 heterocycles. The minimum atomic E-state index is -0.253.